The standard InChI is InChI=1S/C25H23ClF3N3O2/c1-33-23-16-5-3-4-6-17(16)24(34-2)22(25(27,28)29)19(23)14-30-11-12-32-20-9-10-31-21-13-15(26)7-8-18(20)21/h3-10,13,30H,11-12,14H2,1-2H3,(H,31,32). The summed E-state index contributed by atoms with van der Waals surface area (Å²) in [5.41, 5.74) is 0.801. The molecule has 3 aromatic carbocycles. The van der Waals surface area contributed by atoms with Gasteiger partial charge in [-0.1, -0.05) is 35.9 Å². The number of methoxy groups -OCH3 is 2. The maximum absolute atomic E-state index is 14.1. The molecule has 0 bridgehead atoms. The van der Waals surface area contributed by atoms with Crippen LogP contribution >= 0.6 is 11.6 Å². The summed E-state index contributed by atoms with van der Waals surface area (Å²) in [6.45, 7) is 0.844. The van der Waals surface area contributed by atoms with E-state index in [1.807, 2.05) is 12.1 Å². The number of halogens is 4. The van der Waals surface area contributed by atoms with Gasteiger partial charge in [-0.05, 0) is 24.3 Å². The van der Waals surface area contributed by atoms with Crippen LogP contribution in [0.2, 0.25) is 5.02 Å². The predicted octanol–water partition coefficient (Wildman–Crippen LogP) is 6.28. The molecule has 0 saturated heterocycles. The maximum Gasteiger partial charge on any atom is 0.420 e. The van der Waals surface area contributed by atoms with Crippen LogP contribution < -0.4 is 20.1 Å². The fourth-order valence-corrected chi connectivity index (χ4v) is 4.28. The van der Waals surface area contributed by atoms with Gasteiger partial charge in [0.1, 0.15) is 17.1 Å². The van der Waals surface area contributed by atoms with Gasteiger partial charge in [0.15, 0.2) is 0 Å². The molecule has 4 aromatic rings. The average Bonchev–Trinajstić information content (AvgIpc) is 2.81. The van der Waals surface area contributed by atoms with E-state index in [0.717, 1.165) is 16.6 Å². The Balaban J connectivity index is 1.56. The monoisotopic (exact) mass is 489 g/mol. The number of ether oxygens (including phenoxy) is 2. The topological polar surface area (TPSA) is 55.4 Å². The lowest BCUT2D eigenvalue weighted by Crippen LogP contribution is -2.24. The lowest BCUT2D eigenvalue weighted by molar-refractivity contribution is -0.139. The van der Waals surface area contributed by atoms with Gasteiger partial charge in [-0.25, -0.2) is 0 Å². The lowest BCUT2D eigenvalue weighted by Gasteiger charge is -2.22. The zero-order chi connectivity index (χ0) is 24.3. The van der Waals surface area contributed by atoms with Crippen LogP contribution in [0.25, 0.3) is 21.7 Å². The van der Waals surface area contributed by atoms with Crippen molar-refractivity contribution in [3.05, 3.63) is 70.9 Å². The normalized spacial score (nSPS) is 11.7. The van der Waals surface area contributed by atoms with Crippen LogP contribution in [0.3, 0.4) is 0 Å². The van der Waals surface area contributed by atoms with Crippen molar-refractivity contribution in [1.82, 2.24) is 10.3 Å². The maximum atomic E-state index is 14.1. The van der Waals surface area contributed by atoms with Crippen molar-refractivity contribution in [2.45, 2.75) is 12.7 Å². The molecule has 9 heteroatoms. The summed E-state index contributed by atoms with van der Waals surface area (Å²) < 4.78 is 53.0. The van der Waals surface area contributed by atoms with Crippen molar-refractivity contribution >= 4 is 39.0 Å². The summed E-state index contributed by atoms with van der Waals surface area (Å²) in [7, 11) is 2.62. The highest BCUT2D eigenvalue weighted by Crippen LogP contribution is 2.47. The van der Waals surface area contributed by atoms with Gasteiger partial charge in [-0.3, -0.25) is 4.98 Å². The third-order valence-electron chi connectivity index (χ3n) is 5.53. The zero-order valence-electron chi connectivity index (χ0n) is 18.6. The van der Waals surface area contributed by atoms with Crippen LogP contribution in [0.5, 0.6) is 11.5 Å². The molecule has 1 aromatic heterocycles. The minimum absolute atomic E-state index is 0.00885. The molecule has 0 saturated carbocycles. The molecule has 1 heterocycles. The first-order valence-corrected chi connectivity index (χ1v) is 10.9. The van der Waals surface area contributed by atoms with E-state index < -0.39 is 11.7 Å². The minimum atomic E-state index is -4.62. The van der Waals surface area contributed by atoms with Gasteiger partial charge in [0.05, 0.1) is 19.7 Å². The van der Waals surface area contributed by atoms with Gasteiger partial charge in [0.25, 0.3) is 0 Å². The first kappa shape index (κ1) is 23.9. The number of hydrogen-bond acceptors (Lipinski definition) is 5. The van der Waals surface area contributed by atoms with Crippen LogP contribution in [0.4, 0.5) is 18.9 Å². The second-order valence-corrected chi connectivity index (χ2v) is 8.02. The van der Waals surface area contributed by atoms with Crippen LogP contribution in [0, 0.1) is 0 Å². The highest BCUT2D eigenvalue weighted by molar-refractivity contribution is 6.31. The molecule has 0 atom stereocenters. The van der Waals surface area contributed by atoms with Crippen molar-refractivity contribution in [3.63, 3.8) is 0 Å². The number of fused-ring (bicyclic) bond motifs is 2. The number of rotatable bonds is 8. The Morgan fingerprint density at radius 2 is 1.62 bits per heavy atom. The summed E-state index contributed by atoms with van der Waals surface area (Å²) in [5, 5.41) is 8.81. The van der Waals surface area contributed by atoms with Crippen LogP contribution in [-0.4, -0.2) is 32.3 Å². The Kier molecular flexibility index (Phi) is 7.00. The first-order valence-electron chi connectivity index (χ1n) is 10.6. The molecule has 34 heavy (non-hydrogen) atoms. The predicted molar refractivity (Wildman–Crippen MR) is 129 cm³/mol. The Bertz CT molecular complexity index is 1330. The van der Waals surface area contributed by atoms with Crippen molar-refractivity contribution in [2.24, 2.45) is 0 Å². The van der Waals surface area contributed by atoms with E-state index in [-0.39, 0.29) is 23.6 Å². The molecule has 0 fully saturated rings. The van der Waals surface area contributed by atoms with Crippen molar-refractivity contribution in [2.75, 3.05) is 32.6 Å². The van der Waals surface area contributed by atoms with Crippen molar-refractivity contribution in [3.8, 4) is 11.5 Å². The largest absolute Gasteiger partial charge is 0.496 e. The molecule has 0 aliphatic carbocycles. The molecule has 0 aliphatic rings. The smallest absolute Gasteiger partial charge is 0.420 e. The van der Waals surface area contributed by atoms with Crippen LogP contribution in [0.15, 0.2) is 54.7 Å². The van der Waals surface area contributed by atoms with Gasteiger partial charge in [-0.15, -0.1) is 0 Å². The van der Waals surface area contributed by atoms with E-state index >= 15 is 0 Å². The van der Waals surface area contributed by atoms with E-state index in [9.17, 15) is 13.2 Å². The molecule has 4 rings (SSSR count). The van der Waals surface area contributed by atoms with E-state index in [0.29, 0.717) is 28.9 Å². The lowest BCUT2D eigenvalue weighted by atomic mass is 9.97. The number of aromatic nitrogens is 1. The molecular weight excluding hydrogens is 467 g/mol. The Labute approximate surface area is 199 Å². The number of alkyl halides is 3. The average molecular weight is 490 g/mol. The summed E-state index contributed by atoms with van der Waals surface area (Å²) in [5.74, 6) is -0.0260. The van der Waals surface area contributed by atoms with Crippen molar-refractivity contribution in [1.29, 1.82) is 0 Å². The summed E-state index contributed by atoms with van der Waals surface area (Å²) in [6.07, 6.45) is -2.94. The van der Waals surface area contributed by atoms with Crippen LogP contribution in [-0.2, 0) is 12.7 Å². The van der Waals surface area contributed by atoms with Gasteiger partial charge >= 0.3 is 6.18 Å². The molecule has 0 unspecified atom stereocenters. The molecule has 5 nitrogen and oxygen atoms in total. The second-order valence-electron chi connectivity index (χ2n) is 7.59. The number of nitrogens with zero attached hydrogens (tertiary/aromatic N) is 1. The summed E-state index contributed by atoms with van der Waals surface area (Å²) in [4.78, 5) is 4.31. The Hall–Kier alpha value is -3.23. The first-order chi connectivity index (χ1) is 16.3. The Morgan fingerprint density at radius 3 is 2.29 bits per heavy atom. The fourth-order valence-electron chi connectivity index (χ4n) is 4.11. The van der Waals surface area contributed by atoms with E-state index in [1.165, 1.54) is 14.2 Å². The highest BCUT2D eigenvalue weighted by Gasteiger charge is 2.40. The minimum Gasteiger partial charge on any atom is -0.496 e. The number of anilines is 1. The van der Waals surface area contributed by atoms with E-state index in [1.54, 1.807) is 42.6 Å². The van der Waals surface area contributed by atoms with Crippen molar-refractivity contribution < 1.29 is 22.6 Å². The second kappa shape index (κ2) is 9.95. The molecule has 0 aliphatic heterocycles. The van der Waals surface area contributed by atoms with Crippen LogP contribution in [0.1, 0.15) is 11.1 Å². The van der Waals surface area contributed by atoms with E-state index in [4.69, 9.17) is 21.1 Å². The molecule has 2 N–H and O–H groups in total. The van der Waals surface area contributed by atoms with E-state index in [2.05, 4.69) is 15.6 Å². The number of pyridine rings is 1. The Morgan fingerprint density at radius 1 is 0.912 bits per heavy atom. The third kappa shape index (κ3) is 4.69. The fraction of sp³-hybridized carbons (Fsp3) is 0.240. The zero-order valence-corrected chi connectivity index (χ0v) is 19.3. The van der Waals surface area contributed by atoms with Gasteiger partial charge in [-0.2, -0.15) is 13.2 Å². The molecular formula is C25H23ClF3N3O2. The molecule has 0 radical (unpaired) electrons. The number of nitrogens with one attached hydrogen (secondary N) is 2. The highest BCUT2D eigenvalue weighted by atomic mass is 35.5. The van der Waals surface area contributed by atoms with Gasteiger partial charge in [0.2, 0.25) is 0 Å². The summed E-state index contributed by atoms with van der Waals surface area (Å²) in [6, 6.07) is 14.0. The number of benzene rings is 3. The molecule has 178 valence electrons. The molecule has 0 spiro atoms. The SMILES string of the molecule is COc1c(CNCCNc2ccnc3cc(Cl)ccc23)c(C(F)(F)F)c(OC)c2ccccc12. The third-order valence-corrected chi connectivity index (χ3v) is 5.77. The number of hydrogen-bond donors (Lipinski definition) is 2. The van der Waals surface area contributed by atoms with Gasteiger partial charge < -0.3 is 20.1 Å². The van der Waals surface area contributed by atoms with Gasteiger partial charge in [0, 0.05) is 58.3 Å². The quantitative estimate of drug-likeness (QED) is 0.285. The molecule has 0 amide bonds. The summed E-state index contributed by atoms with van der Waals surface area (Å²) >= 11 is 6.03.